The zero-order chi connectivity index (χ0) is 10.9. The minimum absolute atomic E-state index is 0.217. The SMILES string of the molecule is C#C[C@@H](C)O.CC(=O)C#C[C@@H](C)O. The quantitative estimate of drug-likeness (QED) is 0.408. The molecule has 0 heterocycles. The van der Waals surface area contributed by atoms with Gasteiger partial charge in [-0.1, -0.05) is 11.8 Å². The molecule has 0 aliphatic heterocycles. The predicted octanol–water partition coefficient (Wildman–Crippen LogP) is -0.0400. The largest absolute Gasteiger partial charge is 0.381 e. The van der Waals surface area contributed by atoms with Crippen molar-refractivity contribution in [3.05, 3.63) is 0 Å². The van der Waals surface area contributed by atoms with E-state index in [4.69, 9.17) is 10.2 Å². The number of aliphatic hydroxyl groups is 2. The highest BCUT2D eigenvalue weighted by molar-refractivity contribution is 5.93. The van der Waals surface area contributed by atoms with Gasteiger partial charge in [0.2, 0.25) is 5.78 Å². The summed E-state index contributed by atoms with van der Waals surface area (Å²) in [5.41, 5.74) is 0. The van der Waals surface area contributed by atoms with E-state index < -0.39 is 12.2 Å². The van der Waals surface area contributed by atoms with Gasteiger partial charge >= 0.3 is 0 Å². The van der Waals surface area contributed by atoms with Crippen LogP contribution in [0.25, 0.3) is 0 Å². The van der Waals surface area contributed by atoms with Gasteiger partial charge in [-0.2, -0.15) is 0 Å². The molecular weight excluding hydrogens is 168 g/mol. The molecular formula is C10H14O3. The molecule has 0 unspecified atom stereocenters. The number of hydrogen-bond donors (Lipinski definition) is 2. The molecule has 3 heteroatoms. The summed E-state index contributed by atoms with van der Waals surface area (Å²) in [6.07, 6.45) is 3.39. The number of ketones is 1. The second-order valence-electron chi connectivity index (χ2n) is 2.34. The molecule has 3 nitrogen and oxygen atoms in total. The van der Waals surface area contributed by atoms with E-state index in [1.807, 2.05) is 0 Å². The van der Waals surface area contributed by atoms with Crippen LogP contribution in [0.3, 0.4) is 0 Å². The molecule has 0 amide bonds. The first-order chi connectivity index (χ1) is 5.90. The van der Waals surface area contributed by atoms with Crippen molar-refractivity contribution in [3.63, 3.8) is 0 Å². The predicted molar refractivity (Wildman–Crippen MR) is 50.7 cm³/mol. The van der Waals surface area contributed by atoms with Crippen molar-refractivity contribution < 1.29 is 15.0 Å². The van der Waals surface area contributed by atoms with E-state index in [0.717, 1.165) is 0 Å². The highest BCUT2D eigenvalue weighted by atomic mass is 16.3. The maximum atomic E-state index is 10.1. The molecule has 0 radical (unpaired) electrons. The van der Waals surface area contributed by atoms with Crippen LogP contribution in [0.1, 0.15) is 20.8 Å². The van der Waals surface area contributed by atoms with Gasteiger partial charge in [-0.15, -0.1) is 6.42 Å². The summed E-state index contributed by atoms with van der Waals surface area (Å²) in [6, 6.07) is 0. The summed E-state index contributed by atoms with van der Waals surface area (Å²) < 4.78 is 0. The molecule has 0 saturated heterocycles. The summed E-state index contributed by atoms with van der Waals surface area (Å²) >= 11 is 0. The zero-order valence-corrected chi connectivity index (χ0v) is 8.03. The molecule has 0 aromatic carbocycles. The third-order valence-electron chi connectivity index (χ3n) is 0.698. The highest BCUT2D eigenvalue weighted by Gasteiger charge is 1.83. The number of Topliss-reactive ketones (excluding diaryl/α,β-unsaturated/α-hetero) is 1. The van der Waals surface area contributed by atoms with E-state index in [-0.39, 0.29) is 5.78 Å². The van der Waals surface area contributed by atoms with Gasteiger partial charge in [-0.05, 0) is 19.8 Å². The van der Waals surface area contributed by atoms with Crippen molar-refractivity contribution in [1.29, 1.82) is 0 Å². The van der Waals surface area contributed by atoms with Gasteiger partial charge in [-0.25, -0.2) is 0 Å². The van der Waals surface area contributed by atoms with Crippen molar-refractivity contribution in [2.45, 2.75) is 33.0 Å². The first-order valence-corrected chi connectivity index (χ1v) is 3.74. The first kappa shape index (κ1) is 14.2. The van der Waals surface area contributed by atoms with Gasteiger partial charge < -0.3 is 10.2 Å². The Morgan fingerprint density at radius 3 is 1.77 bits per heavy atom. The van der Waals surface area contributed by atoms with Gasteiger partial charge in [0.05, 0.1) is 0 Å². The van der Waals surface area contributed by atoms with Gasteiger partial charge in [0, 0.05) is 6.92 Å². The summed E-state index contributed by atoms with van der Waals surface area (Å²) in [5, 5.41) is 16.6. The molecule has 2 N–H and O–H groups in total. The molecule has 0 aliphatic rings. The first-order valence-electron chi connectivity index (χ1n) is 3.74. The van der Waals surface area contributed by atoms with Gasteiger partial charge in [0.25, 0.3) is 0 Å². The van der Waals surface area contributed by atoms with Crippen molar-refractivity contribution in [3.8, 4) is 24.2 Å². The number of carbonyl (C=O) groups is 1. The van der Waals surface area contributed by atoms with E-state index in [1.165, 1.54) is 13.8 Å². The Labute approximate surface area is 78.8 Å². The molecule has 13 heavy (non-hydrogen) atoms. The van der Waals surface area contributed by atoms with Crippen LogP contribution in [-0.4, -0.2) is 28.2 Å². The smallest absolute Gasteiger partial charge is 0.202 e. The van der Waals surface area contributed by atoms with E-state index in [2.05, 4.69) is 24.2 Å². The molecule has 0 fully saturated rings. The summed E-state index contributed by atoms with van der Waals surface area (Å²) in [7, 11) is 0. The summed E-state index contributed by atoms with van der Waals surface area (Å²) in [4.78, 5) is 10.1. The van der Waals surface area contributed by atoms with Crippen LogP contribution in [-0.2, 0) is 4.79 Å². The van der Waals surface area contributed by atoms with Crippen LogP contribution in [0.15, 0.2) is 0 Å². The third-order valence-corrected chi connectivity index (χ3v) is 0.698. The maximum absolute atomic E-state index is 10.1. The molecule has 72 valence electrons. The second kappa shape index (κ2) is 8.80. The Bertz CT molecular complexity index is 235. The lowest BCUT2D eigenvalue weighted by molar-refractivity contribution is -0.111. The molecule has 0 spiro atoms. The normalized spacial score (nSPS) is 12.0. The summed E-state index contributed by atoms with van der Waals surface area (Å²) in [6.45, 7) is 4.41. The van der Waals surface area contributed by atoms with Gasteiger partial charge in [-0.3, -0.25) is 4.79 Å². The Hall–Kier alpha value is -1.29. The summed E-state index contributed by atoms with van der Waals surface area (Å²) in [5.74, 6) is 6.37. The van der Waals surface area contributed by atoms with E-state index in [1.54, 1.807) is 6.92 Å². The van der Waals surface area contributed by atoms with E-state index in [9.17, 15) is 4.79 Å². The highest BCUT2D eigenvalue weighted by Crippen LogP contribution is 1.72. The lowest BCUT2D eigenvalue weighted by Crippen LogP contribution is -1.94. The van der Waals surface area contributed by atoms with Crippen LogP contribution in [0.2, 0.25) is 0 Å². The molecule has 2 atom stereocenters. The number of aliphatic hydroxyl groups excluding tert-OH is 2. The Kier molecular flexibility index (Phi) is 9.65. The molecule has 0 saturated carbocycles. The van der Waals surface area contributed by atoms with Gasteiger partial charge in [0.1, 0.15) is 12.2 Å². The fourth-order valence-electron chi connectivity index (χ4n) is 0.206. The van der Waals surface area contributed by atoms with Crippen molar-refractivity contribution in [2.75, 3.05) is 0 Å². The van der Waals surface area contributed by atoms with Crippen LogP contribution < -0.4 is 0 Å². The third kappa shape index (κ3) is 24.9. The Balaban J connectivity index is 0. The van der Waals surface area contributed by atoms with Crippen molar-refractivity contribution in [1.82, 2.24) is 0 Å². The van der Waals surface area contributed by atoms with Crippen molar-refractivity contribution >= 4 is 5.78 Å². The zero-order valence-electron chi connectivity index (χ0n) is 8.03. The molecule has 0 aliphatic carbocycles. The number of hydrogen-bond acceptors (Lipinski definition) is 3. The Morgan fingerprint density at radius 1 is 1.31 bits per heavy atom. The van der Waals surface area contributed by atoms with Crippen LogP contribution in [0.5, 0.6) is 0 Å². The Morgan fingerprint density at radius 2 is 1.69 bits per heavy atom. The molecule has 0 aromatic rings. The van der Waals surface area contributed by atoms with Crippen LogP contribution in [0, 0.1) is 24.2 Å². The second-order valence-corrected chi connectivity index (χ2v) is 2.34. The van der Waals surface area contributed by atoms with E-state index >= 15 is 0 Å². The monoisotopic (exact) mass is 182 g/mol. The fourth-order valence-corrected chi connectivity index (χ4v) is 0.206. The van der Waals surface area contributed by atoms with Gasteiger partial charge in [0.15, 0.2) is 0 Å². The minimum atomic E-state index is -0.695. The van der Waals surface area contributed by atoms with Crippen LogP contribution in [0.4, 0.5) is 0 Å². The fraction of sp³-hybridized carbons (Fsp3) is 0.500. The number of terminal acetylenes is 1. The minimum Gasteiger partial charge on any atom is -0.381 e. The van der Waals surface area contributed by atoms with Crippen molar-refractivity contribution in [2.24, 2.45) is 0 Å². The average Bonchev–Trinajstić information content (AvgIpc) is 2.02. The van der Waals surface area contributed by atoms with E-state index in [0.29, 0.717) is 0 Å². The molecule has 0 aromatic heterocycles. The molecule has 0 rings (SSSR count). The lowest BCUT2D eigenvalue weighted by atomic mass is 10.4. The average molecular weight is 182 g/mol. The lowest BCUT2D eigenvalue weighted by Gasteiger charge is -1.83. The maximum Gasteiger partial charge on any atom is 0.202 e. The van der Waals surface area contributed by atoms with Crippen LogP contribution >= 0.6 is 0 Å². The standard InChI is InChI=1S/C6H8O2.C4H6O/c1-5(7)3-4-6(2)8;1-3-4(2)5/h5,7H,1-2H3;1,4-5H,2H3/t5-;4-/m11/s1. The number of rotatable bonds is 0. The molecule has 0 bridgehead atoms. The topological polar surface area (TPSA) is 57.5 Å². The number of carbonyl (C=O) groups excluding carboxylic acids is 1.